The van der Waals surface area contributed by atoms with Crippen LogP contribution in [0.15, 0.2) is 33.3 Å². The van der Waals surface area contributed by atoms with Gasteiger partial charge in [0.05, 0.1) is 4.90 Å². The van der Waals surface area contributed by atoms with Crippen molar-refractivity contribution in [2.45, 2.75) is 32.2 Å². The first kappa shape index (κ1) is 17.4. The van der Waals surface area contributed by atoms with Gasteiger partial charge in [-0.25, -0.2) is 8.42 Å². The molecular formula is C14H17N3O4S2. The third-order valence-electron chi connectivity index (χ3n) is 3.24. The lowest BCUT2D eigenvalue weighted by molar-refractivity contribution is -0.122. The molecule has 0 unspecified atom stereocenters. The highest BCUT2D eigenvalue weighted by atomic mass is 32.2. The molecule has 0 saturated heterocycles. The van der Waals surface area contributed by atoms with E-state index in [1.165, 1.54) is 10.6 Å². The molecule has 23 heavy (non-hydrogen) atoms. The summed E-state index contributed by atoms with van der Waals surface area (Å²) >= 11 is 0.986. The zero-order chi connectivity index (χ0) is 17.2. The summed E-state index contributed by atoms with van der Waals surface area (Å²) in [6.07, 6.45) is 0. The Morgan fingerprint density at radius 3 is 2.57 bits per heavy atom. The number of aryl methyl sites for hydroxylation is 3. The summed E-state index contributed by atoms with van der Waals surface area (Å²) in [5.74, 6) is -0.623. The van der Waals surface area contributed by atoms with Crippen molar-refractivity contribution < 1.29 is 13.2 Å². The first-order chi connectivity index (χ1) is 10.7. The Bertz CT molecular complexity index is 897. The fraction of sp³-hybridized carbons (Fsp3) is 0.286. The van der Waals surface area contributed by atoms with E-state index < -0.39 is 15.9 Å². The molecule has 1 heterocycles. The normalized spacial score (nSPS) is 11.4. The molecule has 0 radical (unpaired) electrons. The molecule has 124 valence electrons. The Hall–Kier alpha value is -1.97. The Morgan fingerprint density at radius 2 is 1.96 bits per heavy atom. The Labute approximate surface area is 138 Å². The SMILES string of the molecule is Cc1ccc(C)c(S(=O)(=O)NNC(=O)Cn2c(C)csc2=O)c1. The van der Waals surface area contributed by atoms with Gasteiger partial charge in [-0.3, -0.25) is 19.6 Å². The van der Waals surface area contributed by atoms with Crippen molar-refractivity contribution in [1.82, 2.24) is 14.8 Å². The zero-order valence-electron chi connectivity index (χ0n) is 12.9. The summed E-state index contributed by atoms with van der Waals surface area (Å²) in [4.78, 5) is 25.3. The van der Waals surface area contributed by atoms with E-state index in [1.807, 2.05) is 0 Å². The zero-order valence-corrected chi connectivity index (χ0v) is 14.5. The molecule has 2 aromatic rings. The second-order valence-corrected chi connectivity index (χ2v) is 7.62. The number of hydrogen-bond acceptors (Lipinski definition) is 5. The topological polar surface area (TPSA) is 97.3 Å². The van der Waals surface area contributed by atoms with Crippen LogP contribution in [0.1, 0.15) is 16.8 Å². The fourth-order valence-corrected chi connectivity index (χ4v) is 3.88. The van der Waals surface area contributed by atoms with Crippen molar-refractivity contribution in [3.63, 3.8) is 0 Å². The van der Waals surface area contributed by atoms with Crippen molar-refractivity contribution in [1.29, 1.82) is 0 Å². The number of amides is 1. The molecule has 0 saturated carbocycles. The molecular weight excluding hydrogens is 338 g/mol. The summed E-state index contributed by atoms with van der Waals surface area (Å²) in [6, 6.07) is 5.02. The average Bonchev–Trinajstić information content (AvgIpc) is 2.79. The van der Waals surface area contributed by atoms with E-state index in [4.69, 9.17) is 0 Å². The van der Waals surface area contributed by atoms with Gasteiger partial charge in [0.25, 0.3) is 15.9 Å². The van der Waals surface area contributed by atoms with Crippen LogP contribution in [0.25, 0.3) is 0 Å². The van der Waals surface area contributed by atoms with E-state index in [9.17, 15) is 18.0 Å². The van der Waals surface area contributed by atoms with Gasteiger partial charge in [-0.1, -0.05) is 23.5 Å². The number of rotatable bonds is 5. The van der Waals surface area contributed by atoms with Crippen LogP contribution < -0.4 is 15.1 Å². The largest absolute Gasteiger partial charge is 0.307 e. The number of benzene rings is 1. The van der Waals surface area contributed by atoms with Crippen molar-refractivity contribution in [2.24, 2.45) is 0 Å². The van der Waals surface area contributed by atoms with Crippen LogP contribution >= 0.6 is 11.3 Å². The van der Waals surface area contributed by atoms with Gasteiger partial charge in [0, 0.05) is 11.1 Å². The number of hydrazine groups is 1. The standard InChI is InChI=1S/C14H17N3O4S2/c1-9-4-5-10(2)12(6-9)23(20,21)16-15-13(18)7-17-11(3)8-22-14(17)19/h4-6,8,16H,7H2,1-3H3,(H,15,18). The Balaban J connectivity index is 2.09. The quantitative estimate of drug-likeness (QED) is 0.777. The molecule has 0 fully saturated rings. The molecule has 2 N–H and O–H groups in total. The molecule has 0 spiro atoms. The van der Waals surface area contributed by atoms with Crippen molar-refractivity contribution in [2.75, 3.05) is 0 Å². The number of nitrogens with one attached hydrogen (secondary N) is 2. The lowest BCUT2D eigenvalue weighted by Crippen LogP contribution is -2.44. The Kier molecular flexibility index (Phi) is 5.03. The third kappa shape index (κ3) is 4.06. The molecule has 0 aliphatic rings. The number of aromatic nitrogens is 1. The summed E-state index contributed by atoms with van der Waals surface area (Å²) < 4.78 is 25.8. The predicted molar refractivity (Wildman–Crippen MR) is 87.7 cm³/mol. The van der Waals surface area contributed by atoms with Gasteiger partial charge in [0.15, 0.2) is 0 Å². The van der Waals surface area contributed by atoms with Gasteiger partial charge < -0.3 is 0 Å². The molecule has 1 aromatic carbocycles. The highest BCUT2D eigenvalue weighted by Gasteiger charge is 2.18. The van der Waals surface area contributed by atoms with Gasteiger partial charge >= 0.3 is 4.87 Å². The Morgan fingerprint density at radius 1 is 1.26 bits per heavy atom. The van der Waals surface area contributed by atoms with E-state index in [1.54, 1.807) is 38.3 Å². The number of carbonyl (C=O) groups excluding carboxylic acids is 1. The van der Waals surface area contributed by atoms with E-state index >= 15 is 0 Å². The maximum absolute atomic E-state index is 12.3. The maximum atomic E-state index is 12.3. The summed E-state index contributed by atoms with van der Waals surface area (Å²) in [6.45, 7) is 4.90. The second-order valence-electron chi connectivity index (χ2n) is 5.15. The fourth-order valence-electron chi connectivity index (χ4n) is 1.96. The van der Waals surface area contributed by atoms with E-state index in [2.05, 4.69) is 10.3 Å². The maximum Gasteiger partial charge on any atom is 0.307 e. The number of thiazole rings is 1. The van der Waals surface area contributed by atoms with Crippen LogP contribution in [0.3, 0.4) is 0 Å². The van der Waals surface area contributed by atoms with Crippen LogP contribution in [-0.2, 0) is 21.4 Å². The van der Waals surface area contributed by atoms with Gasteiger partial charge in [-0.05, 0) is 38.0 Å². The minimum atomic E-state index is -3.87. The molecule has 0 atom stereocenters. The van der Waals surface area contributed by atoms with Gasteiger partial charge in [-0.15, -0.1) is 4.83 Å². The number of hydrogen-bond donors (Lipinski definition) is 2. The highest BCUT2D eigenvalue weighted by molar-refractivity contribution is 7.89. The van der Waals surface area contributed by atoms with Crippen molar-refractivity contribution in [3.05, 3.63) is 50.1 Å². The van der Waals surface area contributed by atoms with Gasteiger partial charge in [-0.2, -0.15) is 0 Å². The molecule has 1 aromatic heterocycles. The van der Waals surface area contributed by atoms with Crippen LogP contribution in [-0.4, -0.2) is 18.9 Å². The van der Waals surface area contributed by atoms with Gasteiger partial charge in [0.1, 0.15) is 6.54 Å². The minimum Gasteiger partial charge on any atom is -0.294 e. The van der Waals surface area contributed by atoms with Crippen LogP contribution in [0, 0.1) is 20.8 Å². The smallest absolute Gasteiger partial charge is 0.294 e. The monoisotopic (exact) mass is 355 g/mol. The minimum absolute atomic E-state index is 0.0988. The predicted octanol–water partition coefficient (Wildman–Crippen LogP) is 0.845. The average molecular weight is 355 g/mol. The highest BCUT2D eigenvalue weighted by Crippen LogP contribution is 2.15. The number of carbonyl (C=O) groups is 1. The summed E-state index contributed by atoms with van der Waals surface area (Å²) in [5, 5.41) is 1.63. The first-order valence-corrected chi connectivity index (χ1v) is 9.10. The van der Waals surface area contributed by atoms with Crippen LogP contribution in [0.5, 0.6) is 0 Å². The molecule has 9 heteroatoms. The molecule has 7 nitrogen and oxygen atoms in total. The van der Waals surface area contributed by atoms with Crippen LogP contribution in [0.4, 0.5) is 0 Å². The van der Waals surface area contributed by atoms with E-state index in [-0.39, 0.29) is 16.3 Å². The first-order valence-electron chi connectivity index (χ1n) is 6.73. The second kappa shape index (κ2) is 6.65. The molecule has 0 aliphatic heterocycles. The van der Waals surface area contributed by atoms with Gasteiger partial charge in [0.2, 0.25) is 0 Å². The summed E-state index contributed by atoms with van der Waals surface area (Å²) in [7, 11) is -3.87. The molecule has 2 rings (SSSR count). The molecule has 0 bridgehead atoms. The van der Waals surface area contributed by atoms with E-state index in [0.717, 1.165) is 16.9 Å². The molecule has 1 amide bonds. The van der Waals surface area contributed by atoms with Crippen molar-refractivity contribution >= 4 is 27.3 Å². The van der Waals surface area contributed by atoms with Crippen LogP contribution in [0.2, 0.25) is 0 Å². The third-order valence-corrected chi connectivity index (χ3v) is 5.51. The lowest BCUT2D eigenvalue weighted by atomic mass is 10.2. The number of sulfonamides is 1. The number of nitrogens with zero attached hydrogens (tertiary/aromatic N) is 1. The molecule has 0 aliphatic carbocycles. The summed E-state index contributed by atoms with van der Waals surface area (Å²) in [5.41, 5.74) is 4.14. The lowest BCUT2D eigenvalue weighted by Gasteiger charge is -2.11. The van der Waals surface area contributed by atoms with E-state index in [0.29, 0.717) is 11.3 Å². The van der Waals surface area contributed by atoms with Crippen molar-refractivity contribution in [3.8, 4) is 0 Å².